The maximum Gasteiger partial charge on any atom is 0.256 e. The number of aryl methyl sites for hydroxylation is 1. The van der Waals surface area contributed by atoms with Crippen LogP contribution in [0.1, 0.15) is 32.0 Å². The Morgan fingerprint density at radius 1 is 0.939 bits per heavy atom. The maximum absolute atomic E-state index is 13.1. The number of nitrogens with zero attached hydrogens (tertiary/aromatic N) is 2. The Hall–Kier alpha value is -3.75. The molecule has 4 aromatic rings. The van der Waals surface area contributed by atoms with Crippen LogP contribution in [0, 0.1) is 6.92 Å². The van der Waals surface area contributed by atoms with Crippen molar-refractivity contribution in [1.82, 2.24) is 9.78 Å². The molecule has 1 N–H and O–H groups in total. The molecular formula is C24H16ClN3O4S. The number of carbonyl (C=O) groups excluding carboxylic acids is 2. The van der Waals surface area contributed by atoms with Crippen LogP contribution in [-0.4, -0.2) is 29.9 Å². The second kappa shape index (κ2) is 7.68. The number of hydrogen-bond acceptors (Lipinski definition) is 5. The van der Waals surface area contributed by atoms with Gasteiger partial charge >= 0.3 is 0 Å². The molecule has 0 aliphatic carbocycles. The summed E-state index contributed by atoms with van der Waals surface area (Å²) in [6.45, 7) is 1.79. The van der Waals surface area contributed by atoms with Crippen molar-refractivity contribution >= 4 is 38.9 Å². The SMILES string of the molecule is Cc1cc(NC(=O)c2ccc3c(c2)S(=O)(=O)c2ccccc2C3=O)n(-c2ccc(Cl)cc2)n1. The zero-order valence-corrected chi connectivity index (χ0v) is 18.8. The average molecular weight is 478 g/mol. The number of halogens is 1. The fourth-order valence-corrected chi connectivity index (χ4v) is 5.58. The van der Waals surface area contributed by atoms with Gasteiger partial charge in [-0.25, -0.2) is 13.1 Å². The summed E-state index contributed by atoms with van der Waals surface area (Å²) in [6.07, 6.45) is 0. The van der Waals surface area contributed by atoms with E-state index < -0.39 is 15.7 Å². The number of rotatable bonds is 3. The van der Waals surface area contributed by atoms with Crippen molar-refractivity contribution in [3.8, 4) is 5.69 Å². The summed E-state index contributed by atoms with van der Waals surface area (Å²) in [5, 5.41) is 7.75. The van der Waals surface area contributed by atoms with Crippen LogP contribution < -0.4 is 5.32 Å². The molecule has 164 valence electrons. The van der Waals surface area contributed by atoms with E-state index in [9.17, 15) is 18.0 Å². The smallest absolute Gasteiger partial charge is 0.256 e. The van der Waals surface area contributed by atoms with Crippen LogP contribution in [0.3, 0.4) is 0 Å². The molecule has 0 atom stereocenters. The van der Waals surface area contributed by atoms with E-state index in [4.69, 9.17) is 11.6 Å². The zero-order chi connectivity index (χ0) is 23.3. The quantitative estimate of drug-likeness (QED) is 0.413. The van der Waals surface area contributed by atoms with Gasteiger partial charge in [-0.15, -0.1) is 0 Å². The van der Waals surface area contributed by atoms with Gasteiger partial charge in [0.2, 0.25) is 9.84 Å². The molecular weight excluding hydrogens is 462 g/mol. The number of fused-ring (bicyclic) bond motifs is 2. The van der Waals surface area contributed by atoms with Gasteiger partial charge in [0, 0.05) is 27.8 Å². The van der Waals surface area contributed by atoms with Crippen molar-refractivity contribution < 1.29 is 18.0 Å². The first-order valence-electron chi connectivity index (χ1n) is 9.92. The summed E-state index contributed by atoms with van der Waals surface area (Å²) < 4.78 is 27.8. The van der Waals surface area contributed by atoms with Gasteiger partial charge in [0.05, 0.1) is 21.2 Å². The monoisotopic (exact) mass is 477 g/mol. The van der Waals surface area contributed by atoms with Crippen molar-refractivity contribution in [3.05, 3.63) is 100 Å². The minimum atomic E-state index is -3.95. The number of nitrogens with one attached hydrogen (secondary N) is 1. The Morgan fingerprint density at radius 2 is 1.64 bits per heavy atom. The van der Waals surface area contributed by atoms with Gasteiger partial charge in [-0.1, -0.05) is 23.7 Å². The van der Waals surface area contributed by atoms with Crippen LogP contribution in [0.25, 0.3) is 5.69 Å². The number of sulfone groups is 1. The number of hydrogen-bond donors (Lipinski definition) is 1. The molecule has 1 aliphatic heterocycles. The first kappa shape index (κ1) is 21.1. The first-order valence-corrected chi connectivity index (χ1v) is 11.8. The second-order valence-corrected chi connectivity index (χ2v) is 9.88. The van der Waals surface area contributed by atoms with Gasteiger partial charge in [0.1, 0.15) is 5.82 Å². The van der Waals surface area contributed by atoms with E-state index in [2.05, 4.69) is 10.4 Å². The standard InChI is InChI=1S/C24H16ClN3O4S/c1-14-12-22(28(27-14)17-9-7-16(25)8-10-17)26-24(30)15-6-11-19-21(13-15)33(31,32)20-5-3-2-4-18(20)23(19)29/h2-13H,1H3,(H,26,30). The topological polar surface area (TPSA) is 98.1 Å². The van der Waals surface area contributed by atoms with Crippen LogP contribution in [0.5, 0.6) is 0 Å². The van der Waals surface area contributed by atoms with Crippen molar-refractivity contribution in [2.24, 2.45) is 0 Å². The molecule has 0 unspecified atom stereocenters. The fraction of sp³-hybridized carbons (Fsp3) is 0.0417. The maximum atomic E-state index is 13.1. The Morgan fingerprint density at radius 3 is 2.39 bits per heavy atom. The molecule has 0 radical (unpaired) electrons. The van der Waals surface area contributed by atoms with Crippen LogP contribution in [0.2, 0.25) is 5.02 Å². The third-order valence-electron chi connectivity index (χ3n) is 5.34. The molecule has 0 spiro atoms. The van der Waals surface area contributed by atoms with Crippen LogP contribution in [0.15, 0.2) is 82.6 Å². The molecule has 1 aromatic heterocycles. The van der Waals surface area contributed by atoms with Gasteiger partial charge < -0.3 is 5.32 Å². The van der Waals surface area contributed by atoms with Crippen molar-refractivity contribution in [3.63, 3.8) is 0 Å². The fourth-order valence-electron chi connectivity index (χ4n) is 3.78. The van der Waals surface area contributed by atoms with Gasteiger partial charge in [0.25, 0.3) is 5.91 Å². The number of amides is 1. The summed E-state index contributed by atoms with van der Waals surface area (Å²) in [5.74, 6) is -0.518. The molecule has 7 nitrogen and oxygen atoms in total. The number of anilines is 1. The molecule has 1 aliphatic rings. The highest BCUT2D eigenvalue weighted by molar-refractivity contribution is 7.91. The summed E-state index contributed by atoms with van der Waals surface area (Å²) in [5.41, 5.74) is 1.65. The number of ketones is 1. The number of aromatic nitrogens is 2. The van der Waals surface area contributed by atoms with E-state index in [0.717, 1.165) is 0 Å². The van der Waals surface area contributed by atoms with Gasteiger partial charge in [-0.3, -0.25) is 9.59 Å². The summed E-state index contributed by atoms with van der Waals surface area (Å²) in [4.78, 5) is 25.6. The Labute approximate surface area is 194 Å². The highest BCUT2D eigenvalue weighted by Gasteiger charge is 2.35. The number of carbonyl (C=O) groups is 2. The molecule has 3 aromatic carbocycles. The highest BCUT2D eigenvalue weighted by atomic mass is 35.5. The van der Waals surface area contributed by atoms with Gasteiger partial charge in [-0.2, -0.15) is 5.10 Å². The molecule has 9 heteroatoms. The molecule has 0 fully saturated rings. The molecule has 0 saturated carbocycles. The lowest BCUT2D eigenvalue weighted by Crippen LogP contribution is -2.22. The predicted octanol–water partition coefficient (Wildman–Crippen LogP) is 4.46. The van der Waals surface area contributed by atoms with E-state index in [1.165, 1.54) is 30.3 Å². The first-order chi connectivity index (χ1) is 15.8. The van der Waals surface area contributed by atoms with Crippen molar-refractivity contribution in [2.45, 2.75) is 16.7 Å². The van der Waals surface area contributed by atoms with Gasteiger partial charge in [-0.05, 0) is 61.5 Å². The minimum absolute atomic E-state index is 0.0484. The van der Waals surface area contributed by atoms with E-state index in [-0.39, 0.29) is 32.3 Å². The Bertz CT molecular complexity index is 1560. The molecule has 5 rings (SSSR count). The largest absolute Gasteiger partial charge is 0.306 e. The molecule has 1 amide bonds. The lowest BCUT2D eigenvalue weighted by atomic mass is 10.0. The third kappa shape index (κ3) is 3.53. The predicted molar refractivity (Wildman–Crippen MR) is 123 cm³/mol. The average Bonchev–Trinajstić information content (AvgIpc) is 3.17. The van der Waals surface area contributed by atoms with E-state index in [1.54, 1.807) is 54.1 Å². The Kier molecular flexibility index (Phi) is 4.92. The summed E-state index contributed by atoms with van der Waals surface area (Å²) >= 11 is 5.96. The normalized spacial score (nSPS) is 13.8. The minimum Gasteiger partial charge on any atom is -0.306 e. The van der Waals surface area contributed by atoms with Crippen LogP contribution in [-0.2, 0) is 9.84 Å². The molecule has 2 heterocycles. The van der Waals surface area contributed by atoms with Gasteiger partial charge in [0.15, 0.2) is 5.78 Å². The van der Waals surface area contributed by atoms with E-state index in [0.29, 0.717) is 22.2 Å². The van der Waals surface area contributed by atoms with E-state index >= 15 is 0 Å². The molecule has 33 heavy (non-hydrogen) atoms. The second-order valence-electron chi connectivity index (χ2n) is 7.55. The third-order valence-corrected chi connectivity index (χ3v) is 7.45. The summed E-state index contributed by atoms with van der Waals surface area (Å²) in [6, 6.07) is 18.8. The highest BCUT2D eigenvalue weighted by Crippen LogP contribution is 2.35. The van der Waals surface area contributed by atoms with Crippen molar-refractivity contribution in [1.29, 1.82) is 0 Å². The molecule has 0 saturated heterocycles. The molecule has 0 bridgehead atoms. The van der Waals surface area contributed by atoms with Crippen LogP contribution >= 0.6 is 11.6 Å². The van der Waals surface area contributed by atoms with E-state index in [1.807, 2.05) is 0 Å². The summed E-state index contributed by atoms with van der Waals surface area (Å²) in [7, 11) is -3.95. The number of benzene rings is 3. The van der Waals surface area contributed by atoms with Crippen molar-refractivity contribution in [2.75, 3.05) is 5.32 Å². The Balaban J connectivity index is 1.52. The lowest BCUT2D eigenvalue weighted by molar-refractivity contribution is 0.101. The van der Waals surface area contributed by atoms with Crippen LogP contribution in [0.4, 0.5) is 5.82 Å². The lowest BCUT2D eigenvalue weighted by Gasteiger charge is -2.19. The zero-order valence-electron chi connectivity index (χ0n) is 17.2.